The fraction of sp³-hybridized carbons (Fsp3) is 0.500. The molecule has 22 heavy (non-hydrogen) atoms. The Morgan fingerprint density at radius 2 is 2.09 bits per heavy atom. The average molecular weight is 349 g/mol. The summed E-state index contributed by atoms with van der Waals surface area (Å²) in [5.41, 5.74) is 0.847. The van der Waals surface area contributed by atoms with Gasteiger partial charge in [0.05, 0.1) is 17.6 Å². The van der Waals surface area contributed by atoms with Gasteiger partial charge in [0, 0.05) is 19.6 Å². The molecule has 1 atom stereocenters. The normalized spacial score (nSPS) is 18.1. The number of ether oxygens (including phenoxy) is 1. The van der Waals surface area contributed by atoms with Gasteiger partial charge in [-0.05, 0) is 37.6 Å². The van der Waals surface area contributed by atoms with Gasteiger partial charge in [0.25, 0.3) is 0 Å². The van der Waals surface area contributed by atoms with Crippen LogP contribution in [0.5, 0.6) is 0 Å². The number of carbonyl (C=O) groups is 1. The maximum absolute atomic E-state index is 12.7. The fourth-order valence-corrected chi connectivity index (χ4v) is 4.06. The maximum atomic E-state index is 12.7. The van der Waals surface area contributed by atoms with Gasteiger partial charge in [0.1, 0.15) is 0 Å². The third kappa shape index (κ3) is 3.60. The van der Waals surface area contributed by atoms with Gasteiger partial charge in [-0.25, -0.2) is 13.2 Å². The summed E-state index contributed by atoms with van der Waals surface area (Å²) in [6, 6.07) is 4.52. The standard InChI is InChI=1S/C14H20N2O4S.ClH/c1-10-4-5-11(14(17)20-3)8-13(10)21(18,19)16(2)12-6-7-15-9-12;/h4-5,8,12,15H,6-7,9H2,1-3H3;1H. The Labute approximate surface area is 137 Å². The molecule has 2 rings (SSSR count). The lowest BCUT2D eigenvalue weighted by atomic mass is 10.1. The molecule has 0 saturated carbocycles. The molecule has 0 aromatic heterocycles. The average Bonchev–Trinajstić information content (AvgIpc) is 2.99. The highest BCUT2D eigenvalue weighted by atomic mass is 35.5. The molecule has 6 nitrogen and oxygen atoms in total. The van der Waals surface area contributed by atoms with Crippen molar-refractivity contribution in [2.24, 2.45) is 0 Å². The summed E-state index contributed by atoms with van der Waals surface area (Å²) in [5.74, 6) is -0.545. The van der Waals surface area contributed by atoms with Crippen molar-refractivity contribution in [1.82, 2.24) is 9.62 Å². The van der Waals surface area contributed by atoms with Crippen LogP contribution in [-0.4, -0.2) is 52.0 Å². The Morgan fingerprint density at radius 3 is 2.64 bits per heavy atom. The van der Waals surface area contributed by atoms with E-state index in [1.807, 2.05) is 0 Å². The van der Waals surface area contributed by atoms with E-state index in [0.717, 1.165) is 13.0 Å². The van der Waals surface area contributed by atoms with Crippen molar-refractivity contribution in [3.8, 4) is 0 Å². The predicted molar refractivity (Wildman–Crippen MR) is 86.0 cm³/mol. The van der Waals surface area contributed by atoms with Gasteiger partial charge < -0.3 is 10.1 Å². The van der Waals surface area contributed by atoms with Crippen LogP contribution >= 0.6 is 12.4 Å². The molecular formula is C14H21ClN2O4S. The zero-order valence-electron chi connectivity index (χ0n) is 12.8. The van der Waals surface area contributed by atoms with Crippen molar-refractivity contribution in [1.29, 1.82) is 0 Å². The number of carbonyl (C=O) groups excluding carboxylic acids is 1. The van der Waals surface area contributed by atoms with E-state index in [1.54, 1.807) is 26.1 Å². The molecule has 0 aliphatic carbocycles. The number of nitrogens with one attached hydrogen (secondary N) is 1. The molecule has 0 spiro atoms. The minimum absolute atomic E-state index is 0. The first-order valence-corrected chi connectivity index (χ1v) is 8.19. The lowest BCUT2D eigenvalue weighted by Crippen LogP contribution is -2.38. The SMILES string of the molecule is COC(=O)c1ccc(C)c(S(=O)(=O)N(C)C2CCNC2)c1.Cl. The molecule has 124 valence electrons. The van der Waals surface area contributed by atoms with Crippen molar-refractivity contribution in [3.05, 3.63) is 29.3 Å². The number of benzene rings is 1. The third-order valence-electron chi connectivity index (χ3n) is 3.81. The monoisotopic (exact) mass is 348 g/mol. The lowest BCUT2D eigenvalue weighted by molar-refractivity contribution is 0.0600. The second-order valence-electron chi connectivity index (χ2n) is 5.14. The quantitative estimate of drug-likeness (QED) is 0.827. The number of sulfonamides is 1. The summed E-state index contributed by atoms with van der Waals surface area (Å²) in [4.78, 5) is 11.7. The number of aryl methyl sites for hydroxylation is 1. The van der Waals surface area contributed by atoms with Crippen LogP contribution in [0.1, 0.15) is 22.3 Å². The number of esters is 1. The number of hydrogen-bond acceptors (Lipinski definition) is 5. The molecule has 1 N–H and O–H groups in total. The van der Waals surface area contributed by atoms with Crippen LogP contribution in [-0.2, 0) is 14.8 Å². The van der Waals surface area contributed by atoms with Crippen LogP contribution in [0.3, 0.4) is 0 Å². The first kappa shape index (κ1) is 18.9. The molecular weight excluding hydrogens is 328 g/mol. The topological polar surface area (TPSA) is 75.7 Å². The number of hydrogen-bond donors (Lipinski definition) is 1. The van der Waals surface area contributed by atoms with Crippen molar-refractivity contribution in [3.63, 3.8) is 0 Å². The number of halogens is 1. The van der Waals surface area contributed by atoms with E-state index < -0.39 is 16.0 Å². The smallest absolute Gasteiger partial charge is 0.337 e. The molecule has 0 bridgehead atoms. The second kappa shape index (κ2) is 7.41. The molecule has 1 fully saturated rings. The van der Waals surface area contributed by atoms with Gasteiger partial charge >= 0.3 is 5.97 Å². The van der Waals surface area contributed by atoms with Gasteiger partial charge in [-0.2, -0.15) is 4.31 Å². The molecule has 1 aromatic carbocycles. The third-order valence-corrected chi connectivity index (χ3v) is 5.87. The van der Waals surface area contributed by atoms with E-state index >= 15 is 0 Å². The van der Waals surface area contributed by atoms with E-state index in [0.29, 0.717) is 12.1 Å². The first-order chi connectivity index (χ1) is 9.87. The highest BCUT2D eigenvalue weighted by Crippen LogP contribution is 2.23. The summed E-state index contributed by atoms with van der Waals surface area (Å²) in [6.07, 6.45) is 0.783. The zero-order valence-corrected chi connectivity index (χ0v) is 14.5. The van der Waals surface area contributed by atoms with Crippen molar-refractivity contribution >= 4 is 28.4 Å². The molecule has 1 heterocycles. The number of methoxy groups -OCH3 is 1. The zero-order chi connectivity index (χ0) is 15.6. The summed E-state index contributed by atoms with van der Waals surface area (Å²) < 4.78 is 31.5. The Balaban J connectivity index is 0.00000242. The van der Waals surface area contributed by atoms with Crippen LogP contribution in [0, 0.1) is 6.92 Å². The summed E-state index contributed by atoms with van der Waals surface area (Å²) in [7, 11) is -0.781. The van der Waals surface area contributed by atoms with Crippen LogP contribution < -0.4 is 5.32 Å². The van der Waals surface area contributed by atoms with Crippen molar-refractivity contribution in [2.45, 2.75) is 24.3 Å². The Kier molecular flexibility index (Phi) is 6.37. The fourth-order valence-electron chi connectivity index (χ4n) is 2.42. The molecule has 1 aromatic rings. The minimum atomic E-state index is -3.63. The van der Waals surface area contributed by atoms with Crippen molar-refractivity contribution < 1.29 is 17.9 Å². The highest BCUT2D eigenvalue weighted by molar-refractivity contribution is 7.89. The number of nitrogens with zero attached hydrogens (tertiary/aromatic N) is 1. The van der Waals surface area contributed by atoms with Crippen LogP contribution in [0.25, 0.3) is 0 Å². The molecule has 0 radical (unpaired) electrons. The van der Waals surface area contributed by atoms with Crippen LogP contribution in [0.15, 0.2) is 23.1 Å². The van der Waals surface area contributed by atoms with Gasteiger partial charge in [-0.1, -0.05) is 6.07 Å². The van der Waals surface area contributed by atoms with E-state index in [9.17, 15) is 13.2 Å². The van der Waals surface area contributed by atoms with Gasteiger partial charge in [0.2, 0.25) is 10.0 Å². The summed E-state index contributed by atoms with van der Waals surface area (Å²) >= 11 is 0. The Morgan fingerprint density at radius 1 is 1.41 bits per heavy atom. The molecule has 1 aliphatic heterocycles. The number of rotatable bonds is 4. The molecule has 1 saturated heterocycles. The van der Waals surface area contributed by atoms with E-state index in [4.69, 9.17) is 0 Å². The highest BCUT2D eigenvalue weighted by Gasteiger charge is 2.31. The van der Waals surface area contributed by atoms with Crippen LogP contribution in [0.2, 0.25) is 0 Å². The molecule has 1 unspecified atom stereocenters. The molecule has 1 aliphatic rings. The maximum Gasteiger partial charge on any atom is 0.337 e. The molecule has 8 heteroatoms. The van der Waals surface area contributed by atoms with Crippen molar-refractivity contribution in [2.75, 3.05) is 27.2 Å². The Hall–Kier alpha value is -1.15. The second-order valence-corrected chi connectivity index (χ2v) is 7.11. The van der Waals surface area contributed by atoms with E-state index in [-0.39, 0.29) is 28.9 Å². The first-order valence-electron chi connectivity index (χ1n) is 6.75. The minimum Gasteiger partial charge on any atom is -0.465 e. The largest absolute Gasteiger partial charge is 0.465 e. The van der Waals surface area contributed by atoms with E-state index in [2.05, 4.69) is 10.1 Å². The van der Waals surface area contributed by atoms with Gasteiger partial charge in [-0.15, -0.1) is 12.4 Å². The van der Waals surface area contributed by atoms with E-state index in [1.165, 1.54) is 17.5 Å². The lowest BCUT2D eigenvalue weighted by Gasteiger charge is -2.24. The van der Waals surface area contributed by atoms with Gasteiger partial charge in [-0.3, -0.25) is 0 Å². The summed E-state index contributed by atoms with van der Waals surface area (Å²) in [5, 5.41) is 3.15. The predicted octanol–water partition coefficient (Wildman–Crippen LogP) is 1.19. The molecule has 0 amide bonds. The Bertz CT molecular complexity index is 642. The van der Waals surface area contributed by atoms with Crippen LogP contribution in [0.4, 0.5) is 0 Å². The summed E-state index contributed by atoms with van der Waals surface area (Å²) in [6.45, 7) is 3.17. The number of likely N-dealkylation sites (N-methyl/N-ethyl adjacent to an activating group) is 1. The van der Waals surface area contributed by atoms with Gasteiger partial charge in [0.15, 0.2) is 0 Å².